The Morgan fingerprint density at radius 1 is 1.07 bits per heavy atom. The maximum Gasteiger partial charge on any atom is 0.277 e. The van der Waals surface area contributed by atoms with Gasteiger partial charge in [0.05, 0.1) is 20.0 Å². The van der Waals surface area contributed by atoms with Crippen molar-refractivity contribution in [3.8, 4) is 34.5 Å². The lowest BCUT2D eigenvalue weighted by Gasteiger charge is -2.09. The number of carbonyl (C=O) groups excluding carboxylic acids is 1. The first-order chi connectivity index (χ1) is 14.1. The third kappa shape index (κ3) is 4.37. The molecule has 1 N–H and O–H groups in total. The number of hydrogen-bond donors (Lipinski definition) is 1. The fraction of sp³-hybridized carbons (Fsp3) is 0.211. The molecular weight excluding hydrogens is 398 g/mol. The van der Waals surface area contributed by atoms with E-state index in [0.717, 1.165) is 11.8 Å². The van der Waals surface area contributed by atoms with Gasteiger partial charge in [0.15, 0.2) is 11.5 Å². The van der Waals surface area contributed by atoms with Crippen LogP contribution in [0.1, 0.15) is 0 Å². The molecule has 0 fully saturated rings. The summed E-state index contributed by atoms with van der Waals surface area (Å²) in [6.07, 6.45) is 0. The monoisotopic (exact) mass is 415 g/mol. The Balaban J connectivity index is 1.37. The average molecular weight is 415 g/mol. The lowest BCUT2D eigenvalue weighted by atomic mass is 10.2. The number of methoxy groups -OCH3 is 2. The highest BCUT2D eigenvalue weighted by atomic mass is 32.2. The Kier molecular flexibility index (Phi) is 5.43. The average Bonchev–Trinajstić information content (AvgIpc) is 3.40. The van der Waals surface area contributed by atoms with Crippen molar-refractivity contribution in [3.05, 3.63) is 36.4 Å². The third-order valence-electron chi connectivity index (χ3n) is 3.99. The fourth-order valence-corrected chi connectivity index (χ4v) is 3.18. The number of fused-ring (bicyclic) bond motifs is 1. The van der Waals surface area contributed by atoms with Crippen LogP contribution in [-0.2, 0) is 4.79 Å². The molecule has 0 saturated heterocycles. The molecule has 2 heterocycles. The van der Waals surface area contributed by atoms with Crippen LogP contribution in [-0.4, -0.2) is 42.9 Å². The minimum Gasteiger partial charge on any atom is -0.497 e. The minimum atomic E-state index is -0.229. The summed E-state index contributed by atoms with van der Waals surface area (Å²) >= 11 is 1.14. The number of anilines is 1. The van der Waals surface area contributed by atoms with Crippen molar-refractivity contribution in [2.75, 3.05) is 32.1 Å². The number of hydrogen-bond acceptors (Lipinski definition) is 9. The third-order valence-corrected chi connectivity index (χ3v) is 4.81. The standard InChI is InChI=1S/C19H17N3O6S/c1-24-13-6-12(7-14(8-13)25-2)20-17(23)9-29-19-22-21-18(28-19)11-3-4-15-16(5-11)27-10-26-15/h3-8H,9-10H2,1-2H3,(H,20,23). The number of ether oxygens (including phenoxy) is 4. The largest absolute Gasteiger partial charge is 0.497 e. The topological polar surface area (TPSA) is 105 Å². The summed E-state index contributed by atoms with van der Waals surface area (Å²) < 4.78 is 26.6. The van der Waals surface area contributed by atoms with Crippen LogP contribution in [0.15, 0.2) is 46.0 Å². The smallest absolute Gasteiger partial charge is 0.277 e. The van der Waals surface area contributed by atoms with E-state index in [9.17, 15) is 4.79 Å². The summed E-state index contributed by atoms with van der Waals surface area (Å²) in [6, 6.07) is 10.5. The second-order valence-electron chi connectivity index (χ2n) is 5.88. The van der Waals surface area contributed by atoms with Gasteiger partial charge in [-0.25, -0.2) is 0 Å². The molecule has 9 nitrogen and oxygen atoms in total. The molecule has 29 heavy (non-hydrogen) atoms. The summed E-state index contributed by atoms with van der Waals surface area (Å²) in [6.45, 7) is 0.192. The molecule has 0 unspecified atom stereocenters. The summed E-state index contributed by atoms with van der Waals surface area (Å²) in [4.78, 5) is 12.3. The molecule has 0 saturated carbocycles. The van der Waals surface area contributed by atoms with Gasteiger partial charge in [0.1, 0.15) is 11.5 Å². The van der Waals surface area contributed by atoms with E-state index in [-0.39, 0.29) is 23.7 Å². The predicted octanol–water partition coefficient (Wildman–Crippen LogP) is 3.21. The number of nitrogens with zero attached hydrogens (tertiary/aromatic N) is 2. The highest BCUT2D eigenvalue weighted by molar-refractivity contribution is 7.99. The van der Waals surface area contributed by atoms with E-state index >= 15 is 0 Å². The molecule has 0 atom stereocenters. The Hall–Kier alpha value is -3.40. The Morgan fingerprint density at radius 2 is 1.83 bits per heavy atom. The molecule has 4 rings (SSSR count). The van der Waals surface area contributed by atoms with E-state index in [1.54, 1.807) is 50.6 Å². The van der Waals surface area contributed by atoms with Gasteiger partial charge in [-0.1, -0.05) is 11.8 Å². The van der Waals surface area contributed by atoms with E-state index in [1.165, 1.54) is 0 Å². The Labute approximate surface area is 170 Å². The predicted molar refractivity (Wildman–Crippen MR) is 105 cm³/mol. The van der Waals surface area contributed by atoms with E-state index in [4.69, 9.17) is 23.4 Å². The number of nitrogens with one attached hydrogen (secondary N) is 1. The lowest BCUT2D eigenvalue weighted by molar-refractivity contribution is -0.113. The molecule has 0 aliphatic carbocycles. The molecule has 1 aliphatic heterocycles. The van der Waals surface area contributed by atoms with Crippen molar-refractivity contribution in [3.63, 3.8) is 0 Å². The van der Waals surface area contributed by atoms with Gasteiger partial charge < -0.3 is 28.7 Å². The van der Waals surface area contributed by atoms with Crippen LogP contribution in [0.3, 0.4) is 0 Å². The molecular formula is C19H17N3O6S. The van der Waals surface area contributed by atoms with Crippen LogP contribution in [0.4, 0.5) is 5.69 Å². The van der Waals surface area contributed by atoms with Crippen LogP contribution >= 0.6 is 11.8 Å². The summed E-state index contributed by atoms with van der Waals surface area (Å²) in [5.74, 6) is 2.67. The van der Waals surface area contributed by atoms with Crippen molar-refractivity contribution in [1.29, 1.82) is 0 Å². The second kappa shape index (κ2) is 8.31. The van der Waals surface area contributed by atoms with Crippen LogP contribution in [0, 0.1) is 0 Å². The lowest BCUT2D eigenvalue weighted by Crippen LogP contribution is -2.14. The normalized spacial score (nSPS) is 11.9. The van der Waals surface area contributed by atoms with Crippen molar-refractivity contribution in [2.24, 2.45) is 0 Å². The highest BCUT2D eigenvalue weighted by Crippen LogP contribution is 2.36. The van der Waals surface area contributed by atoms with Crippen molar-refractivity contribution in [2.45, 2.75) is 5.22 Å². The van der Waals surface area contributed by atoms with Crippen LogP contribution in [0.5, 0.6) is 23.0 Å². The van der Waals surface area contributed by atoms with Crippen LogP contribution < -0.4 is 24.3 Å². The number of benzene rings is 2. The van der Waals surface area contributed by atoms with E-state index in [0.29, 0.717) is 40.1 Å². The van der Waals surface area contributed by atoms with Gasteiger partial charge in [-0.15, -0.1) is 10.2 Å². The van der Waals surface area contributed by atoms with Crippen LogP contribution in [0.2, 0.25) is 0 Å². The van der Waals surface area contributed by atoms with E-state index in [1.807, 2.05) is 0 Å². The highest BCUT2D eigenvalue weighted by Gasteiger charge is 2.17. The first-order valence-corrected chi connectivity index (χ1v) is 9.52. The van der Waals surface area contributed by atoms with Crippen molar-refractivity contribution >= 4 is 23.4 Å². The number of rotatable bonds is 7. The molecule has 150 valence electrons. The van der Waals surface area contributed by atoms with Gasteiger partial charge in [-0.2, -0.15) is 0 Å². The van der Waals surface area contributed by atoms with Crippen molar-refractivity contribution < 1.29 is 28.2 Å². The van der Waals surface area contributed by atoms with Gasteiger partial charge in [0.2, 0.25) is 18.6 Å². The zero-order valence-electron chi connectivity index (χ0n) is 15.6. The van der Waals surface area contributed by atoms with Gasteiger partial charge in [-0.05, 0) is 18.2 Å². The summed E-state index contributed by atoms with van der Waals surface area (Å²) in [7, 11) is 3.09. The fourth-order valence-electron chi connectivity index (χ4n) is 2.62. The first kappa shape index (κ1) is 18.9. The SMILES string of the molecule is COc1cc(NC(=O)CSc2nnc(-c3ccc4c(c3)OCO4)o2)cc(OC)c1. The van der Waals surface area contributed by atoms with Gasteiger partial charge >= 0.3 is 0 Å². The maximum absolute atomic E-state index is 12.3. The zero-order chi connectivity index (χ0) is 20.2. The molecule has 0 bridgehead atoms. The Bertz CT molecular complexity index is 1020. The summed E-state index contributed by atoms with van der Waals surface area (Å²) in [5.41, 5.74) is 1.28. The number of carbonyl (C=O) groups is 1. The maximum atomic E-state index is 12.3. The molecule has 10 heteroatoms. The zero-order valence-corrected chi connectivity index (χ0v) is 16.4. The summed E-state index contributed by atoms with van der Waals surface area (Å²) in [5, 5.41) is 11.1. The van der Waals surface area contributed by atoms with E-state index < -0.39 is 0 Å². The Morgan fingerprint density at radius 3 is 2.59 bits per heavy atom. The molecule has 1 aromatic heterocycles. The van der Waals surface area contributed by atoms with Crippen LogP contribution in [0.25, 0.3) is 11.5 Å². The number of aromatic nitrogens is 2. The van der Waals surface area contributed by atoms with Gasteiger partial charge in [-0.3, -0.25) is 4.79 Å². The second-order valence-corrected chi connectivity index (χ2v) is 6.81. The van der Waals surface area contributed by atoms with Gasteiger partial charge in [0, 0.05) is 29.4 Å². The molecule has 1 amide bonds. The quantitative estimate of drug-likeness (QED) is 0.582. The molecule has 0 spiro atoms. The van der Waals surface area contributed by atoms with Gasteiger partial charge in [0.25, 0.3) is 5.22 Å². The minimum absolute atomic E-state index is 0.0995. The molecule has 1 aliphatic rings. The molecule has 3 aromatic rings. The number of amides is 1. The van der Waals surface area contributed by atoms with E-state index in [2.05, 4.69) is 15.5 Å². The number of thioether (sulfide) groups is 1. The molecule has 0 radical (unpaired) electrons. The van der Waals surface area contributed by atoms with Crippen molar-refractivity contribution in [1.82, 2.24) is 10.2 Å². The molecule has 2 aromatic carbocycles. The first-order valence-electron chi connectivity index (χ1n) is 8.54.